The highest BCUT2D eigenvalue weighted by atomic mass is 35.5. The highest BCUT2D eigenvalue weighted by molar-refractivity contribution is 6.30. The first-order chi connectivity index (χ1) is 10.1. The van der Waals surface area contributed by atoms with Gasteiger partial charge in [0.2, 0.25) is 0 Å². The van der Waals surface area contributed by atoms with E-state index in [-0.39, 0.29) is 0 Å². The molecule has 7 heteroatoms. The van der Waals surface area contributed by atoms with Crippen molar-refractivity contribution in [3.8, 4) is 11.4 Å². The molecule has 0 aliphatic rings. The number of nitrogen functional groups attached to an aromatic ring is 2. The summed E-state index contributed by atoms with van der Waals surface area (Å²) in [5, 5.41) is 12.5. The number of aromatic nitrogens is 4. The van der Waals surface area contributed by atoms with Crippen LogP contribution in [0.15, 0.2) is 42.5 Å². The van der Waals surface area contributed by atoms with Gasteiger partial charge in [-0.05, 0) is 46.3 Å². The van der Waals surface area contributed by atoms with Gasteiger partial charge in [-0.2, -0.15) is 0 Å². The van der Waals surface area contributed by atoms with Crippen LogP contribution in [-0.2, 0) is 6.54 Å². The molecule has 0 radical (unpaired) electrons. The molecule has 2 aromatic carbocycles. The van der Waals surface area contributed by atoms with E-state index < -0.39 is 0 Å². The molecule has 0 aliphatic carbocycles. The van der Waals surface area contributed by atoms with E-state index in [1.807, 2.05) is 24.3 Å². The van der Waals surface area contributed by atoms with Crippen LogP contribution >= 0.6 is 11.6 Å². The van der Waals surface area contributed by atoms with Crippen LogP contribution in [0.5, 0.6) is 0 Å². The summed E-state index contributed by atoms with van der Waals surface area (Å²) in [7, 11) is 0. The van der Waals surface area contributed by atoms with Gasteiger partial charge in [0.15, 0.2) is 5.82 Å². The largest absolute Gasteiger partial charge is 0.399 e. The van der Waals surface area contributed by atoms with Gasteiger partial charge in [0.05, 0.1) is 6.54 Å². The first-order valence-electron chi connectivity index (χ1n) is 6.29. The van der Waals surface area contributed by atoms with Crippen molar-refractivity contribution < 1.29 is 0 Å². The lowest BCUT2D eigenvalue weighted by Gasteiger charge is -2.07. The van der Waals surface area contributed by atoms with Gasteiger partial charge in [-0.1, -0.05) is 23.7 Å². The summed E-state index contributed by atoms with van der Waals surface area (Å²) >= 11 is 5.99. The molecule has 0 spiro atoms. The van der Waals surface area contributed by atoms with Crippen LogP contribution in [0.2, 0.25) is 5.02 Å². The Balaban J connectivity index is 1.97. The zero-order chi connectivity index (χ0) is 14.8. The molecule has 3 rings (SSSR count). The fourth-order valence-corrected chi connectivity index (χ4v) is 2.34. The smallest absolute Gasteiger partial charge is 0.182 e. The Kier molecular flexibility index (Phi) is 3.45. The van der Waals surface area contributed by atoms with Crippen molar-refractivity contribution in [3.05, 3.63) is 53.1 Å². The quantitative estimate of drug-likeness (QED) is 0.723. The lowest BCUT2D eigenvalue weighted by Crippen LogP contribution is -2.05. The van der Waals surface area contributed by atoms with Gasteiger partial charge in [-0.25, -0.2) is 4.68 Å². The molecule has 0 fully saturated rings. The van der Waals surface area contributed by atoms with E-state index in [1.54, 1.807) is 22.9 Å². The normalized spacial score (nSPS) is 10.7. The van der Waals surface area contributed by atoms with Crippen molar-refractivity contribution in [2.45, 2.75) is 6.54 Å². The van der Waals surface area contributed by atoms with Crippen LogP contribution in [0.25, 0.3) is 11.4 Å². The average Bonchev–Trinajstić information content (AvgIpc) is 2.85. The Morgan fingerprint density at radius 3 is 2.52 bits per heavy atom. The standard InChI is InChI=1S/C14H13ClN6/c15-11-3-1-2-9(4-11)8-21-14(18-19-20-21)10-5-12(16)7-13(17)6-10/h1-7H,8,16-17H2. The van der Waals surface area contributed by atoms with Gasteiger partial charge in [0.1, 0.15) is 0 Å². The van der Waals surface area contributed by atoms with Crippen molar-refractivity contribution in [1.82, 2.24) is 20.2 Å². The minimum absolute atomic E-state index is 0.512. The van der Waals surface area contributed by atoms with Gasteiger partial charge in [-0.15, -0.1) is 5.10 Å². The number of benzene rings is 2. The number of hydrogen-bond acceptors (Lipinski definition) is 5. The molecule has 106 valence electrons. The summed E-state index contributed by atoms with van der Waals surface area (Å²) in [5.74, 6) is 0.606. The van der Waals surface area contributed by atoms with Crippen molar-refractivity contribution >= 4 is 23.0 Å². The van der Waals surface area contributed by atoms with E-state index in [4.69, 9.17) is 23.1 Å². The zero-order valence-corrected chi connectivity index (χ0v) is 11.8. The van der Waals surface area contributed by atoms with Crippen molar-refractivity contribution in [2.24, 2.45) is 0 Å². The molecule has 4 N–H and O–H groups in total. The summed E-state index contributed by atoms with van der Waals surface area (Å²) in [6.45, 7) is 0.512. The van der Waals surface area contributed by atoms with Crippen LogP contribution in [0.3, 0.4) is 0 Å². The summed E-state index contributed by atoms with van der Waals surface area (Å²) < 4.78 is 1.68. The van der Waals surface area contributed by atoms with Crippen molar-refractivity contribution in [2.75, 3.05) is 11.5 Å². The van der Waals surface area contributed by atoms with E-state index in [2.05, 4.69) is 15.5 Å². The Labute approximate surface area is 126 Å². The first kappa shape index (κ1) is 13.4. The second kappa shape index (κ2) is 5.41. The maximum absolute atomic E-state index is 5.99. The molecule has 0 unspecified atom stereocenters. The highest BCUT2D eigenvalue weighted by Crippen LogP contribution is 2.23. The summed E-state index contributed by atoms with van der Waals surface area (Å²) in [6, 6.07) is 12.8. The molecular weight excluding hydrogens is 288 g/mol. The van der Waals surface area contributed by atoms with Crippen LogP contribution < -0.4 is 11.5 Å². The molecule has 0 saturated heterocycles. The fraction of sp³-hybridized carbons (Fsp3) is 0.0714. The van der Waals surface area contributed by atoms with Crippen LogP contribution in [0, 0.1) is 0 Å². The van der Waals surface area contributed by atoms with Crippen LogP contribution in [0.1, 0.15) is 5.56 Å². The Morgan fingerprint density at radius 1 is 1.05 bits per heavy atom. The molecule has 0 atom stereocenters. The van der Waals surface area contributed by atoms with Gasteiger partial charge >= 0.3 is 0 Å². The molecule has 6 nitrogen and oxygen atoms in total. The van der Waals surface area contributed by atoms with E-state index in [0.29, 0.717) is 28.8 Å². The third-order valence-corrected chi connectivity index (χ3v) is 3.22. The molecule has 0 aliphatic heterocycles. The number of halogens is 1. The Morgan fingerprint density at radius 2 is 1.81 bits per heavy atom. The SMILES string of the molecule is Nc1cc(N)cc(-c2nnnn2Cc2cccc(Cl)c2)c1. The van der Waals surface area contributed by atoms with Gasteiger partial charge < -0.3 is 11.5 Å². The molecule has 0 amide bonds. The number of rotatable bonds is 3. The lowest BCUT2D eigenvalue weighted by atomic mass is 10.1. The van der Waals surface area contributed by atoms with Gasteiger partial charge in [-0.3, -0.25) is 0 Å². The molecule has 21 heavy (non-hydrogen) atoms. The van der Waals surface area contributed by atoms with E-state index in [9.17, 15) is 0 Å². The third kappa shape index (κ3) is 2.95. The van der Waals surface area contributed by atoms with E-state index in [1.165, 1.54) is 0 Å². The fourth-order valence-electron chi connectivity index (χ4n) is 2.13. The highest BCUT2D eigenvalue weighted by Gasteiger charge is 2.10. The third-order valence-electron chi connectivity index (χ3n) is 2.99. The number of anilines is 2. The van der Waals surface area contributed by atoms with Gasteiger partial charge in [0, 0.05) is 22.0 Å². The van der Waals surface area contributed by atoms with Crippen LogP contribution in [0.4, 0.5) is 11.4 Å². The number of tetrazole rings is 1. The minimum atomic E-state index is 0.512. The monoisotopic (exact) mass is 300 g/mol. The first-order valence-corrected chi connectivity index (χ1v) is 6.66. The zero-order valence-electron chi connectivity index (χ0n) is 11.1. The molecule has 0 bridgehead atoms. The maximum atomic E-state index is 5.99. The Hall–Kier alpha value is -2.60. The number of hydrogen-bond donors (Lipinski definition) is 2. The predicted octanol–water partition coefficient (Wildman–Crippen LogP) is 2.21. The second-order valence-electron chi connectivity index (χ2n) is 4.68. The maximum Gasteiger partial charge on any atom is 0.182 e. The molecular formula is C14H13ClN6. The summed E-state index contributed by atoms with van der Waals surface area (Å²) in [4.78, 5) is 0. The predicted molar refractivity (Wildman–Crippen MR) is 82.6 cm³/mol. The average molecular weight is 301 g/mol. The topological polar surface area (TPSA) is 95.6 Å². The Bertz CT molecular complexity index is 762. The number of nitrogens with two attached hydrogens (primary N) is 2. The summed E-state index contributed by atoms with van der Waals surface area (Å²) in [6.07, 6.45) is 0. The summed E-state index contributed by atoms with van der Waals surface area (Å²) in [5.41, 5.74) is 14.6. The van der Waals surface area contributed by atoms with E-state index >= 15 is 0 Å². The molecule has 1 aromatic heterocycles. The lowest BCUT2D eigenvalue weighted by molar-refractivity contribution is 0.653. The second-order valence-corrected chi connectivity index (χ2v) is 5.11. The van der Waals surface area contributed by atoms with Crippen molar-refractivity contribution in [3.63, 3.8) is 0 Å². The molecule has 1 heterocycles. The molecule has 0 saturated carbocycles. The minimum Gasteiger partial charge on any atom is -0.399 e. The van der Waals surface area contributed by atoms with E-state index in [0.717, 1.165) is 11.1 Å². The molecule has 3 aromatic rings. The van der Waals surface area contributed by atoms with Crippen LogP contribution in [-0.4, -0.2) is 20.2 Å². The van der Waals surface area contributed by atoms with Gasteiger partial charge in [0.25, 0.3) is 0 Å². The number of nitrogens with zero attached hydrogens (tertiary/aromatic N) is 4. The van der Waals surface area contributed by atoms with Crippen molar-refractivity contribution in [1.29, 1.82) is 0 Å².